The van der Waals surface area contributed by atoms with Gasteiger partial charge in [0.15, 0.2) is 0 Å². The lowest BCUT2D eigenvalue weighted by Crippen LogP contribution is -2.48. The summed E-state index contributed by atoms with van der Waals surface area (Å²) < 4.78 is 17.5. The van der Waals surface area contributed by atoms with Gasteiger partial charge in [-0.25, -0.2) is 0 Å². The third-order valence-corrected chi connectivity index (χ3v) is 4.38. The molecule has 1 aliphatic rings. The number of piperidine rings is 1. The van der Waals surface area contributed by atoms with Gasteiger partial charge in [-0.2, -0.15) is 0 Å². The van der Waals surface area contributed by atoms with Crippen LogP contribution in [-0.2, 0) is 11.2 Å². The van der Waals surface area contributed by atoms with Gasteiger partial charge in [-0.15, -0.1) is 0 Å². The van der Waals surface area contributed by atoms with Gasteiger partial charge in [0, 0.05) is 13.1 Å². The van der Waals surface area contributed by atoms with E-state index in [4.69, 9.17) is 10.5 Å². The first-order valence-electron chi connectivity index (χ1n) is 7.87. The standard InChI is InChI=1S/C17H25FN2O2/c1-22-15-4-2-14(3-5-15)12-16(19)17(21)20-10-7-13(6-9-18)8-11-20/h2-5,13,16H,6-12,19H2,1H3/t16-/m0/s1. The normalized spacial score (nSPS) is 17.3. The van der Waals surface area contributed by atoms with Crippen molar-refractivity contribution in [2.75, 3.05) is 26.9 Å². The number of carbonyl (C=O) groups is 1. The Morgan fingerprint density at radius 3 is 2.55 bits per heavy atom. The van der Waals surface area contributed by atoms with E-state index in [1.54, 1.807) is 7.11 Å². The van der Waals surface area contributed by atoms with Gasteiger partial charge in [0.2, 0.25) is 5.91 Å². The van der Waals surface area contributed by atoms with Crippen molar-refractivity contribution in [3.8, 4) is 5.75 Å². The molecule has 0 radical (unpaired) electrons. The molecule has 0 aromatic heterocycles. The number of amides is 1. The minimum atomic E-state index is -0.522. The topological polar surface area (TPSA) is 55.6 Å². The summed E-state index contributed by atoms with van der Waals surface area (Å²) in [4.78, 5) is 14.2. The van der Waals surface area contributed by atoms with Crippen LogP contribution < -0.4 is 10.5 Å². The summed E-state index contributed by atoms with van der Waals surface area (Å²) in [6, 6.07) is 7.08. The van der Waals surface area contributed by atoms with Crippen LogP contribution in [0.4, 0.5) is 4.39 Å². The Bertz CT molecular complexity index is 470. The maximum Gasteiger partial charge on any atom is 0.239 e. The number of halogens is 1. The number of nitrogens with two attached hydrogens (primary N) is 1. The van der Waals surface area contributed by atoms with Gasteiger partial charge in [0.1, 0.15) is 5.75 Å². The van der Waals surface area contributed by atoms with E-state index in [9.17, 15) is 9.18 Å². The van der Waals surface area contributed by atoms with E-state index in [0.717, 1.165) is 24.2 Å². The Morgan fingerprint density at radius 2 is 2.00 bits per heavy atom. The zero-order valence-electron chi connectivity index (χ0n) is 13.1. The highest BCUT2D eigenvalue weighted by Gasteiger charge is 2.26. The summed E-state index contributed by atoms with van der Waals surface area (Å²) in [5, 5.41) is 0. The monoisotopic (exact) mass is 308 g/mol. The molecule has 1 amide bonds. The van der Waals surface area contributed by atoms with E-state index in [1.807, 2.05) is 29.2 Å². The largest absolute Gasteiger partial charge is 0.497 e. The second-order valence-corrected chi connectivity index (χ2v) is 5.91. The van der Waals surface area contributed by atoms with Crippen molar-refractivity contribution in [3.63, 3.8) is 0 Å². The molecule has 4 nitrogen and oxygen atoms in total. The molecule has 1 aromatic rings. The van der Waals surface area contributed by atoms with Crippen LogP contribution in [-0.4, -0.2) is 43.7 Å². The van der Waals surface area contributed by atoms with E-state index >= 15 is 0 Å². The van der Waals surface area contributed by atoms with Gasteiger partial charge in [-0.1, -0.05) is 12.1 Å². The molecule has 2 rings (SSSR count). The molecule has 0 aliphatic carbocycles. The fraction of sp³-hybridized carbons (Fsp3) is 0.588. The smallest absolute Gasteiger partial charge is 0.239 e. The van der Waals surface area contributed by atoms with Gasteiger partial charge in [0.25, 0.3) is 0 Å². The predicted molar refractivity (Wildman–Crippen MR) is 84.6 cm³/mol. The van der Waals surface area contributed by atoms with Crippen LogP contribution in [0.1, 0.15) is 24.8 Å². The van der Waals surface area contributed by atoms with Crippen LogP contribution in [0.2, 0.25) is 0 Å². The van der Waals surface area contributed by atoms with Gasteiger partial charge in [-0.05, 0) is 49.3 Å². The molecule has 0 spiro atoms. The first-order valence-corrected chi connectivity index (χ1v) is 7.87. The summed E-state index contributed by atoms with van der Waals surface area (Å²) in [5.74, 6) is 1.19. The van der Waals surface area contributed by atoms with Crippen LogP contribution >= 0.6 is 0 Å². The van der Waals surface area contributed by atoms with Crippen molar-refractivity contribution < 1.29 is 13.9 Å². The van der Waals surface area contributed by atoms with Crippen LogP contribution in [0.25, 0.3) is 0 Å². The number of methoxy groups -OCH3 is 1. The molecule has 0 bridgehead atoms. The highest BCUT2D eigenvalue weighted by atomic mass is 19.1. The Balaban J connectivity index is 1.84. The molecule has 1 fully saturated rings. The molecule has 1 aliphatic heterocycles. The van der Waals surface area contributed by atoms with E-state index in [-0.39, 0.29) is 12.6 Å². The second-order valence-electron chi connectivity index (χ2n) is 5.91. The third-order valence-electron chi connectivity index (χ3n) is 4.38. The van der Waals surface area contributed by atoms with Crippen LogP contribution in [0, 0.1) is 5.92 Å². The molecule has 22 heavy (non-hydrogen) atoms. The van der Waals surface area contributed by atoms with Crippen molar-refractivity contribution >= 4 is 5.91 Å². The molecular weight excluding hydrogens is 283 g/mol. The molecular formula is C17H25FN2O2. The Hall–Kier alpha value is -1.62. The lowest BCUT2D eigenvalue weighted by atomic mass is 9.93. The number of carbonyl (C=O) groups excluding carboxylic acids is 1. The van der Waals surface area contributed by atoms with Crippen LogP contribution in [0.5, 0.6) is 5.75 Å². The van der Waals surface area contributed by atoms with Gasteiger partial charge in [0.05, 0.1) is 19.8 Å². The van der Waals surface area contributed by atoms with Gasteiger partial charge < -0.3 is 15.4 Å². The van der Waals surface area contributed by atoms with Crippen molar-refractivity contribution in [2.24, 2.45) is 11.7 Å². The Kier molecular flexibility index (Phi) is 6.19. The summed E-state index contributed by atoms with van der Waals surface area (Å²) in [6.45, 7) is 1.12. The molecule has 1 saturated heterocycles. The van der Waals surface area contributed by atoms with E-state index < -0.39 is 6.04 Å². The number of likely N-dealkylation sites (tertiary alicyclic amines) is 1. The molecule has 5 heteroatoms. The lowest BCUT2D eigenvalue weighted by Gasteiger charge is -2.33. The summed E-state index contributed by atoms with van der Waals surface area (Å²) >= 11 is 0. The number of hydrogen-bond donors (Lipinski definition) is 1. The zero-order valence-corrected chi connectivity index (χ0v) is 13.1. The van der Waals surface area contributed by atoms with Crippen molar-refractivity contribution in [1.82, 2.24) is 4.90 Å². The number of ether oxygens (including phenoxy) is 1. The van der Waals surface area contributed by atoms with Crippen LogP contribution in [0.3, 0.4) is 0 Å². The first-order chi connectivity index (χ1) is 10.6. The predicted octanol–water partition coefficient (Wildman–Crippen LogP) is 2.16. The summed E-state index contributed by atoms with van der Waals surface area (Å²) in [6.07, 6.45) is 2.89. The highest BCUT2D eigenvalue weighted by Crippen LogP contribution is 2.21. The molecule has 2 N–H and O–H groups in total. The number of alkyl halides is 1. The van der Waals surface area contributed by atoms with Crippen molar-refractivity contribution in [3.05, 3.63) is 29.8 Å². The SMILES string of the molecule is COc1ccc(C[C@H](N)C(=O)N2CCC(CCF)CC2)cc1. The number of rotatable bonds is 6. The number of nitrogens with zero attached hydrogens (tertiary/aromatic N) is 1. The van der Waals surface area contributed by atoms with E-state index in [1.165, 1.54) is 0 Å². The fourth-order valence-electron chi connectivity index (χ4n) is 2.93. The maximum atomic E-state index is 12.4. The molecule has 0 unspecified atom stereocenters. The van der Waals surface area contributed by atoms with Gasteiger partial charge in [-0.3, -0.25) is 9.18 Å². The molecule has 122 valence electrons. The van der Waals surface area contributed by atoms with Crippen LogP contribution in [0.15, 0.2) is 24.3 Å². The van der Waals surface area contributed by atoms with Crippen molar-refractivity contribution in [1.29, 1.82) is 0 Å². The average molecular weight is 308 g/mol. The summed E-state index contributed by atoms with van der Waals surface area (Å²) in [5.41, 5.74) is 7.08. The van der Waals surface area contributed by atoms with E-state index in [2.05, 4.69) is 0 Å². The van der Waals surface area contributed by atoms with E-state index in [0.29, 0.717) is 31.8 Å². The highest BCUT2D eigenvalue weighted by molar-refractivity contribution is 5.82. The Labute approximate surface area is 131 Å². The third kappa shape index (κ3) is 4.44. The van der Waals surface area contributed by atoms with Gasteiger partial charge >= 0.3 is 0 Å². The lowest BCUT2D eigenvalue weighted by molar-refractivity contribution is -0.134. The fourth-order valence-corrected chi connectivity index (χ4v) is 2.93. The number of benzene rings is 1. The zero-order chi connectivity index (χ0) is 15.9. The average Bonchev–Trinajstić information content (AvgIpc) is 2.56. The molecule has 0 saturated carbocycles. The second kappa shape index (κ2) is 8.13. The summed E-state index contributed by atoms with van der Waals surface area (Å²) in [7, 11) is 1.62. The number of hydrogen-bond acceptors (Lipinski definition) is 3. The minimum Gasteiger partial charge on any atom is -0.497 e. The first kappa shape index (κ1) is 16.7. The maximum absolute atomic E-state index is 12.4. The molecule has 1 aromatic carbocycles. The Morgan fingerprint density at radius 1 is 1.36 bits per heavy atom. The minimum absolute atomic E-state index is 0.00508. The molecule has 1 atom stereocenters. The quantitative estimate of drug-likeness (QED) is 0.876. The molecule has 1 heterocycles. The van der Waals surface area contributed by atoms with Crippen molar-refractivity contribution in [2.45, 2.75) is 31.7 Å².